The van der Waals surface area contributed by atoms with E-state index in [-0.39, 0.29) is 16.6 Å². The third-order valence-corrected chi connectivity index (χ3v) is 4.62. The van der Waals surface area contributed by atoms with Crippen LogP contribution >= 0.6 is 0 Å². The minimum atomic E-state index is -3.36. The highest BCUT2D eigenvalue weighted by molar-refractivity contribution is 7.91. The van der Waals surface area contributed by atoms with Gasteiger partial charge in [-0.3, -0.25) is 9.78 Å². The first-order valence-corrected chi connectivity index (χ1v) is 8.13. The molecule has 0 saturated heterocycles. The number of pyridine rings is 1. The van der Waals surface area contributed by atoms with Crippen molar-refractivity contribution in [3.8, 4) is 0 Å². The quantitative estimate of drug-likeness (QED) is 0.917. The topological polar surface area (TPSA) is 76.1 Å². The fourth-order valence-electron chi connectivity index (χ4n) is 1.85. The summed E-state index contributed by atoms with van der Waals surface area (Å²) < 4.78 is 24.4. The van der Waals surface area contributed by atoms with E-state index in [1.54, 1.807) is 30.5 Å². The molecule has 0 aliphatic heterocycles. The van der Waals surface area contributed by atoms with Gasteiger partial charge in [0.15, 0.2) is 9.84 Å². The lowest BCUT2D eigenvalue weighted by atomic mass is 10.3. The van der Waals surface area contributed by atoms with Gasteiger partial charge in [0.1, 0.15) is 0 Å². The maximum Gasteiger partial charge on any atom is 0.221 e. The summed E-state index contributed by atoms with van der Waals surface area (Å²) in [5, 5.41) is 2.60. The number of rotatable bonds is 5. The normalized spacial score (nSPS) is 11.1. The van der Waals surface area contributed by atoms with Crippen LogP contribution in [0.4, 0.5) is 5.69 Å². The van der Waals surface area contributed by atoms with Gasteiger partial charge in [-0.1, -0.05) is 6.07 Å². The van der Waals surface area contributed by atoms with Crippen LogP contribution in [-0.4, -0.2) is 25.1 Å². The molecule has 0 spiro atoms. The Labute approximate surface area is 124 Å². The molecular weight excluding hydrogens is 288 g/mol. The number of hydrogen-bond acceptors (Lipinski definition) is 4. The number of benzene rings is 1. The average Bonchev–Trinajstić information content (AvgIpc) is 2.46. The molecule has 1 amide bonds. The zero-order chi connectivity index (χ0) is 15.3. The average molecular weight is 304 g/mol. The molecule has 2 aromatic rings. The highest BCUT2D eigenvalue weighted by atomic mass is 32.2. The number of hydrogen-bond donors (Lipinski definition) is 1. The molecule has 1 heterocycles. The van der Waals surface area contributed by atoms with Gasteiger partial charge in [-0.2, -0.15) is 0 Å². The second-order valence-electron chi connectivity index (χ2n) is 4.60. The Bertz CT molecular complexity index is 710. The molecule has 0 aliphatic rings. The van der Waals surface area contributed by atoms with Gasteiger partial charge in [0, 0.05) is 30.9 Å². The minimum Gasteiger partial charge on any atom is -0.326 e. The largest absolute Gasteiger partial charge is 0.326 e. The summed E-state index contributed by atoms with van der Waals surface area (Å²) in [6.07, 6.45) is 2.01. The number of nitrogens with zero attached hydrogens (tertiary/aromatic N) is 1. The molecule has 1 aromatic carbocycles. The Morgan fingerprint density at radius 3 is 2.43 bits per heavy atom. The van der Waals surface area contributed by atoms with Crippen molar-refractivity contribution in [2.24, 2.45) is 0 Å². The molecule has 0 unspecified atom stereocenters. The Balaban J connectivity index is 2.07. The van der Waals surface area contributed by atoms with Gasteiger partial charge in [-0.15, -0.1) is 0 Å². The number of nitrogens with one attached hydrogen (secondary N) is 1. The van der Waals surface area contributed by atoms with Crippen molar-refractivity contribution >= 4 is 21.4 Å². The Hall–Kier alpha value is -2.21. The van der Waals surface area contributed by atoms with E-state index < -0.39 is 9.84 Å². The first kappa shape index (κ1) is 15.2. The van der Waals surface area contributed by atoms with Crippen molar-refractivity contribution in [1.29, 1.82) is 0 Å². The number of sulfone groups is 1. The van der Waals surface area contributed by atoms with Crippen LogP contribution in [0.5, 0.6) is 0 Å². The first-order valence-electron chi connectivity index (χ1n) is 6.48. The van der Waals surface area contributed by atoms with Gasteiger partial charge in [0.25, 0.3) is 0 Å². The second-order valence-corrected chi connectivity index (χ2v) is 6.70. The molecule has 1 N–H and O–H groups in total. The molecule has 0 atom stereocenters. The third kappa shape index (κ3) is 4.39. The van der Waals surface area contributed by atoms with E-state index >= 15 is 0 Å². The SMILES string of the molecule is CC(=O)Nc1ccc(S(=O)(=O)CCc2ccccn2)cc1. The van der Waals surface area contributed by atoms with E-state index in [0.29, 0.717) is 12.1 Å². The zero-order valence-corrected chi connectivity index (χ0v) is 12.4. The van der Waals surface area contributed by atoms with Gasteiger partial charge < -0.3 is 5.32 Å². The number of aryl methyl sites for hydroxylation is 1. The van der Waals surface area contributed by atoms with Gasteiger partial charge in [0.2, 0.25) is 5.91 Å². The van der Waals surface area contributed by atoms with E-state index in [9.17, 15) is 13.2 Å². The monoisotopic (exact) mass is 304 g/mol. The lowest BCUT2D eigenvalue weighted by Gasteiger charge is -2.06. The van der Waals surface area contributed by atoms with Crippen molar-refractivity contribution in [3.63, 3.8) is 0 Å². The van der Waals surface area contributed by atoms with E-state index in [2.05, 4.69) is 10.3 Å². The Morgan fingerprint density at radius 2 is 1.86 bits per heavy atom. The molecule has 0 bridgehead atoms. The molecule has 1 aromatic heterocycles. The number of aromatic nitrogens is 1. The van der Waals surface area contributed by atoms with Crippen LogP contribution in [0.3, 0.4) is 0 Å². The predicted octanol–water partition coefficient (Wildman–Crippen LogP) is 2.06. The molecule has 2 rings (SSSR count). The zero-order valence-electron chi connectivity index (χ0n) is 11.6. The fourth-order valence-corrected chi connectivity index (χ4v) is 3.12. The lowest BCUT2D eigenvalue weighted by Crippen LogP contribution is -2.10. The van der Waals surface area contributed by atoms with Crippen molar-refractivity contribution < 1.29 is 13.2 Å². The summed E-state index contributed by atoms with van der Waals surface area (Å²) in [5.41, 5.74) is 1.32. The molecule has 21 heavy (non-hydrogen) atoms. The van der Waals surface area contributed by atoms with Crippen LogP contribution in [-0.2, 0) is 21.1 Å². The molecule has 110 valence electrons. The summed E-state index contributed by atoms with van der Waals surface area (Å²) in [6, 6.07) is 11.6. The molecule has 0 fully saturated rings. The molecule has 0 aliphatic carbocycles. The van der Waals surface area contributed by atoms with Crippen molar-refractivity contribution in [2.45, 2.75) is 18.2 Å². The standard InChI is InChI=1S/C15H16N2O3S/c1-12(18)17-14-5-7-15(8-6-14)21(19,20)11-9-13-4-2-3-10-16-13/h2-8,10H,9,11H2,1H3,(H,17,18). The van der Waals surface area contributed by atoms with Crippen LogP contribution < -0.4 is 5.32 Å². The molecule has 6 heteroatoms. The van der Waals surface area contributed by atoms with Crippen LogP contribution in [0.2, 0.25) is 0 Å². The van der Waals surface area contributed by atoms with Crippen LogP contribution in [0, 0.1) is 0 Å². The number of carbonyl (C=O) groups is 1. The summed E-state index contributed by atoms with van der Waals surface area (Å²) in [5.74, 6) is -0.190. The molecule has 0 radical (unpaired) electrons. The summed E-state index contributed by atoms with van der Waals surface area (Å²) in [4.78, 5) is 15.3. The maximum atomic E-state index is 12.2. The summed E-state index contributed by atoms with van der Waals surface area (Å²) in [7, 11) is -3.36. The van der Waals surface area contributed by atoms with Gasteiger partial charge in [0.05, 0.1) is 10.6 Å². The highest BCUT2D eigenvalue weighted by Gasteiger charge is 2.14. The van der Waals surface area contributed by atoms with Gasteiger partial charge in [-0.25, -0.2) is 8.42 Å². The first-order chi connectivity index (χ1) is 9.97. The van der Waals surface area contributed by atoms with Crippen LogP contribution in [0.25, 0.3) is 0 Å². The molecular formula is C15H16N2O3S. The Kier molecular flexibility index (Phi) is 4.70. The third-order valence-electron chi connectivity index (χ3n) is 2.89. The Morgan fingerprint density at radius 1 is 1.14 bits per heavy atom. The van der Waals surface area contributed by atoms with E-state index in [4.69, 9.17) is 0 Å². The van der Waals surface area contributed by atoms with E-state index in [1.165, 1.54) is 19.1 Å². The smallest absolute Gasteiger partial charge is 0.221 e. The molecule has 0 saturated carbocycles. The number of carbonyl (C=O) groups excluding carboxylic acids is 1. The maximum absolute atomic E-state index is 12.2. The minimum absolute atomic E-state index is 0.00347. The fraction of sp³-hybridized carbons (Fsp3) is 0.200. The van der Waals surface area contributed by atoms with Crippen molar-refractivity contribution in [3.05, 3.63) is 54.4 Å². The van der Waals surface area contributed by atoms with Crippen LogP contribution in [0.15, 0.2) is 53.6 Å². The van der Waals surface area contributed by atoms with Crippen LogP contribution in [0.1, 0.15) is 12.6 Å². The second kappa shape index (κ2) is 6.49. The molecule has 5 nitrogen and oxygen atoms in total. The van der Waals surface area contributed by atoms with Crippen molar-refractivity contribution in [2.75, 3.05) is 11.1 Å². The summed E-state index contributed by atoms with van der Waals surface area (Å²) in [6.45, 7) is 1.40. The van der Waals surface area contributed by atoms with Gasteiger partial charge >= 0.3 is 0 Å². The summed E-state index contributed by atoms with van der Waals surface area (Å²) >= 11 is 0. The van der Waals surface area contributed by atoms with Gasteiger partial charge in [-0.05, 0) is 36.4 Å². The lowest BCUT2D eigenvalue weighted by molar-refractivity contribution is -0.114. The predicted molar refractivity (Wildman–Crippen MR) is 80.7 cm³/mol. The number of amides is 1. The van der Waals surface area contributed by atoms with E-state index in [0.717, 1.165) is 5.69 Å². The highest BCUT2D eigenvalue weighted by Crippen LogP contribution is 2.16. The number of anilines is 1. The van der Waals surface area contributed by atoms with Crippen molar-refractivity contribution in [1.82, 2.24) is 4.98 Å². The van der Waals surface area contributed by atoms with E-state index in [1.807, 2.05) is 6.07 Å².